The van der Waals surface area contributed by atoms with Crippen molar-refractivity contribution in [3.8, 4) is 0 Å². The van der Waals surface area contributed by atoms with E-state index >= 15 is 0 Å². The van der Waals surface area contributed by atoms with Gasteiger partial charge in [0.15, 0.2) is 0 Å². The van der Waals surface area contributed by atoms with Crippen LogP contribution in [0.1, 0.15) is 65.5 Å². The molecular formula is C22H31N2O9P. The zero-order valence-corrected chi connectivity index (χ0v) is 20.5. The molecule has 11 nitrogen and oxygen atoms in total. The number of rotatable bonds is 8. The van der Waals surface area contributed by atoms with Crippen LogP contribution in [0.4, 0.5) is 0 Å². The Balaban J connectivity index is 1.21. The highest BCUT2D eigenvalue weighted by Crippen LogP contribution is 2.79. The molecule has 0 radical (unpaired) electrons. The minimum Gasteiger partial charge on any atom is -0.462 e. The number of phosphoric acid groups is 1. The highest BCUT2D eigenvalue weighted by atomic mass is 31.2. The van der Waals surface area contributed by atoms with Crippen molar-refractivity contribution in [1.82, 2.24) is 9.55 Å². The molecule has 0 aromatic carbocycles. The normalized spacial score (nSPS) is 36.7. The summed E-state index contributed by atoms with van der Waals surface area (Å²) in [6, 6.07) is 1.24. The van der Waals surface area contributed by atoms with Crippen molar-refractivity contribution in [2.75, 3.05) is 6.61 Å². The molecule has 4 aliphatic rings. The van der Waals surface area contributed by atoms with Gasteiger partial charge in [0, 0.05) is 17.7 Å². The van der Waals surface area contributed by atoms with Crippen LogP contribution in [-0.2, 0) is 32.4 Å². The molecule has 2 aliphatic heterocycles. The molecule has 4 fully saturated rings. The van der Waals surface area contributed by atoms with E-state index in [1.165, 1.54) is 16.8 Å². The summed E-state index contributed by atoms with van der Waals surface area (Å²) in [6.45, 7) is 5.59. The number of H-pyrrole nitrogens is 1. The lowest BCUT2D eigenvalue weighted by Gasteiger charge is -2.33. The second-order valence-corrected chi connectivity index (χ2v) is 11.6. The summed E-state index contributed by atoms with van der Waals surface area (Å²) in [6.07, 6.45) is 4.43. The van der Waals surface area contributed by atoms with E-state index in [0.29, 0.717) is 12.8 Å². The SMILES string of the molecule is CCC(CCO[P@@]1(=O)OC2[C@H]3O[C@@H](n4ccc(=O)[nH]c4=O)C(C)(C)[C@]23O1)C(=O)OC1CCCC1. The Labute approximate surface area is 196 Å². The van der Waals surface area contributed by atoms with E-state index in [2.05, 4.69) is 4.98 Å². The molecule has 1 N–H and O–H groups in total. The van der Waals surface area contributed by atoms with Crippen molar-refractivity contribution in [2.45, 2.75) is 89.4 Å². The molecule has 3 heterocycles. The number of hydrogen-bond donors (Lipinski definition) is 1. The Morgan fingerprint density at radius 2 is 2.03 bits per heavy atom. The third-order valence-corrected chi connectivity index (χ3v) is 9.16. The van der Waals surface area contributed by atoms with Crippen LogP contribution in [0.5, 0.6) is 0 Å². The van der Waals surface area contributed by atoms with Gasteiger partial charge in [0.1, 0.15) is 30.1 Å². The van der Waals surface area contributed by atoms with E-state index in [0.717, 1.165) is 25.7 Å². The Morgan fingerprint density at radius 1 is 1.29 bits per heavy atom. The molecule has 12 heteroatoms. The monoisotopic (exact) mass is 498 g/mol. The van der Waals surface area contributed by atoms with Gasteiger partial charge in [0.05, 0.1) is 12.5 Å². The first-order valence-electron chi connectivity index (χ1n) is 11.9. The molecule has 34 heavy (non-hydrogen) atoms. The highest BCUT2D eigenvalue weighted by Gasteiger charge is 2.89. The van der Waals surface area contributed by atoms with Gasteiger partial charge in [-0.05, 0) is 38.5 Å². The smallest absolute Gasteiger partial charge is 0.462 e. The van der Waals surface area contributed by atoms with Crippen molar-refractivity contribution in [2.24, 2.45) is 11.3 Å². The van der Waals surface area contributed by atoms with Gasteiger partial charge in [0.2, 0.25) is 0 Å². The first-order chi connectivity index (χ1) is 16.1. The van der Waals surface area contributed by atoms with E-state index in [1.54, 1.807) is 0 Å². The van der Waals surface area contributed by atoms with Crippen molar-refractivity contribution >= 4 is 13.8 Å². The Hall–Kier alpha value is -1.78. The van der Waals surface area contributed by atoms with Gasteiger partial charge in [0.25, 0.3) is 5.56 Å². The molecule has 1 spiro atoms. The van der Waals surface area contributed by atoms with Crippen LogP contribution in [-0.4, -0.2) is 46.0 Å². The predicted molar refractivity (Wildman–Crippen MR) is 118 cm³/mol. The van der Waals surface area contributed by atoms with Gasteiger partial charge >= 0.3 is 19.5 Å². The summed E-state index contributed by atoms with van der Waals surface area (Å²) in [5, 5.41) is 0. The van der Waals surface area contributed by atoms with E-state index in [1.807, 2.05) is 20.8 Å². The number of phosphoric ester groups is 1. The van der Waals surface area contributed by atoms with Crippen LogP contribution < -0.4 is 11.2 Å². The number of aromatic nitrogens is 2. The highest BCUT2D eigenvalue weighted by molar-refractivity contribution is 7.48. The largest absolute Gasteiger partial charge is 0.476 e. The van der Waals surface area contributed by atoms with Gasteiger partial charge in [-0.2, -0.15) is 0 Å². The minimum atomic E-state index is -3.88. The van der Waals surface area contributed by atoms with Crippen molar-refractivity contribution in [3.05, 3.63) is 33.1 Å². The van der Waals surface area contributed by atoms with Crippen LogP contribution in [0, 0.1) is 11.3 Å². The van der Waals surface area contributed by atoms with Crippen LogP contribution in [0.2, 0.25) is 0 Å². The number of carbonyl (C=O) groups excluding carboxylic acids is 1. The van der Waals surface area contributed by atoms with E-state index < -0.39 is 48.5 Å². The van der Waals surface area contributed by atoms with Gasteiger partial charge in [-0.25, -0.2) is 9.36 Å². The third kappa shape index (κ3) is 3.73. The topological polar surface area (TPSA) is 135 Å². The molecule has 188 valence electrons. The minimum absolute atomic E-state index is 0.00189. The van der Waals surface area contributed by atoms with Crippen molar-refractivity contribution < 1.29 is 32.4 Å². The fourth-order valence-corrected chi connectivity index (χ4v) is 7.40. The van der Waals surface area contributed by atoms with E-state index in [4.69, 9.17) is 23.0 Å². The lowest BCUT2D eigenvalue weighted by Crippen LogP contribution is -2.43. The van der Waals surface area contributed by atoms with Crippen LogP contribution in [0.3, 0.4) is 0 Å². The maximum atomic E-state index is 13.2. The fourth-order valence-electron chi connectivity index (χ4n) is 5.56. The average molecular weight is 498 g/mol. The lowest BCUT2D eigenvalue weighted by atomic mass is 9.83. The maximum Gasteiger partial charge on any atom is 0.476 e. The fraction of sp³-hybridized carbons (Fsp3) is 0.773. The number of nitrogens with one attached hydrogen (secondary N) is 1. The third-order valence-electron chi connectivity index (χ3n) is 7.65. The van der Waals surface area contributed by atoms with Crippen LogP contribution in [0.25, 0.3) is 0 Å². The molecule has 0 bridgehead atoms. The number of hydrogen-bond acceptors (Lipinski definition) is 9. The quantitative estimate of drug-likeness (QED) is 0.424. The summed E-state index contributed by atoms with van der Waals surface area (Å²) in [5.41, 5.74) is -2.95. The summed E-state index contributed by atoms with van der Waals surface area (Å²) in [7, 11) is -3.88. The predicted octanol–water partition coefficient (Wildman–Crippen LogP) is 2.65. The van der Waals surface area contributed by atoms with Crippen LogP contribution >= 0.6 is 7.82 Å². The summed E-state index contributed by atoms with van der Waals surface area (Å²) >= 11 is 0. The first kappa shape index (κ1) is 23.9. The van der Waals surface area contributed by atoms with Crippen molar-refractivity contribution in [1.29, 1.82) is 0 Å². The maximum absolute atomic E-state index is 13.2. The Kier molecular flexibility index (Phi) is 5.92. The van der Waals surface area contributed by atoms with Gasteiger partial charge < -0.3 is 9.47 Å². The lowest BCUT2D eigenvalue weighted by molar-refractivity contribution is -0.154. The molecular weight excluding hydrogens is 467 g/mol. The van der Waals surface area contributed by atoms with Gasteiger partial charge in [-0.3, -0.25) is 32.7 Å². The molecule has 2 aliphatic carbocycles. The molecule has 0 amide bonds. The first-order valence-corrected chi connectivity index (χ1v) is 13.4. The standard InChI is InChI=1S/C22H31N2O9P/c1-4-13(18(26)30-14-7-5-6-8-14)10-12-29-34(28)32-17-16-22(17,33-34)21(2,3)19(31-16)24-11-9-15(25)23-20(24)27/h9,11,13-14,16-17,19H,4-8,10,12H2,1-3H3,(H,23,25,27)/t13?,16-,17?,19-,22-,34+/m1/s1. The Bertz CT molecular complexity index is 1120. The Morgan fingerprint density at radius 3 is 2.71 bits per heavy atom. The van der Waals surface area contributed by atoms with Crippen LogP contribution in [0.15, 0.2) is 21.9 Å². The molecule has 2 saturated carbocycles. The summed E-state index contributed by atoms with van der Waals surface area (Å²) in [4.78, 5) is 38.4. The second kappa shape index (κ2) is 8.41. The number of fused-ring (bicyclic) bond motifs is 1. The van der Waals surface area contributed by atoms with E-state index in [9.17, 15) is 18.9 Å². The number of aromatic amines is 1. The van der Waals surface area contributed by atoms with Crippen molar-refractivity contribution in [3.63, 3.8) is 0 Å². The number of esters is 1. The average Bonchev–Trinajstić information content (AvgIpc) is 3.15. The zero-order valence-electron chi connectivity index (χ0n) is 19.6. The zero-order chi connectivity index (χ0) is 24.3. The number of ether oxygens (including phenoxy) is 2. The van der Waals surface area contributed by atoms with E-state index in [-0.39, 0.29) is 24.6 Å². The molecule has 2 saturated heterocycles. The van der Waals surface area contributed by atoms with Gasteiger partial charge in [-0.15, -0.1) is 0 Å². The second-order valence-electron chi connectivity index (χ2n) is 10.1. The molecule has 1 aromatic rings. The molecule has 1 aromatic heterocycles. The molecule has 6 atom stereocenters. The summed E-state index contributed by atoms with van der Waals surface area (Å²) in [5.74, 6) is -0.594. The number of carbonyl (C=O) groups is 1. The number of nitrogens with zero attached hydrogens (tertiary/aromatic N) is 1. The molecule has 5 rings (SSSR count). The van der Waals surface area contributed by atoms with Gasteiger partial charge in [-0.1, -0.05) is 20.8 Å². The molecule has 2 unspecified atom stereocenters. The summed E-state index contributed by atoms with van der Waals surface area (Å²) < 4.78 is 43.2.